The van der Waals surface area contributed by atoms with E-state index in [0.29, 0.717) is 24.4 Å². The Morgan fingerprint density at radius 2 is 1.82 bits per heavy atom. The van der Waals surface area contributed by atoms with Gasteiger partial charge in [-0.15, -0.1) is 0 Å². The molecule has 34 heavy (non-hydrogen) atoms. The van der Waals surface area contributed by atoms with Crippen LogP contribution in [0.5, 0.6) is 0 Å². The number of carbonyl (C=O) groups is 2. The van der Waals surface area contributed by atoms with E-state index in [1.807, 2.05) is 24.3 Å². The molecule has 0 radical (unpaired) electrons. The highest BCUT2D eigenvalue weighted by Crippen LogP contribution is 2.30. The molecule has 3 aromatic carbocycles. The molecule has 6 N–H and O–H groups in total. The molecule has 1 fully saturated rings. The van der Waals surface area contributed by atoms with Gasteiger partial charge in [-0.05, 0) is 54.1 Å². The Morgan fingerprint density at radius 3 is 2.56 bits per heavy atom. The van der Waals surface area contributed by atoms with Gasteiger partial charge in [0.2, 0.25) is 11.8 Å². The number of amides is 2. The van der Waals surface area contributed by atoms with E-state index in [9.17, 15) is 9.59 Å². The molecule has 0 bridgehead atoms. The van der Waals surface area contributed by atoms with Crippen LogP contribution in [0.1, 0.15) is 42.4 Å². The molecular formula is C27H31N5O2. The number of amidine groups is 1. The Labute approximate surface area is 199 Å². The highest BCUT2D eigenvalue weighted by molar-refractivity contribution is 5.95. The second-order valence-corrected chi connectivity index (χ2v) is 8.89. The summed E-state index contributed by atoms with van der Waals surface area (Å²) < 4.78 is 0. The summed E-state index contributed by atoms with van der Waals surface area (Å²) in [5, 5.41) is 18.9. The van der Waals surface area contributed by atoms with Crippen molar-refractivity contribution in [3.63, 3.8) is 0 Å². The number of piperidine rings is 1. The van der Waals surface area contributed by atoms with Crippen LogP contribution in [0.25, 0.3) is 10.8 Å². The second-order valence-electron chi connectivity index (χ2n) is 8.89. The SMILES string of the molecule is C[C@H](NC(=O)[C@H]1C[C@@H](c2ccc3ccccc3c2)CCN1)C(=O)NCc1ccc(C(=N)N)cc1. The summed E-state index contributed by atoms with van der Waals surface area (Å²) in [5.41, 5.74) is 8.24. The molecule has 1 aliphatic heterocycles. The van der Waals surface area contributed by atoms with Crippen molar-refractivity contribution in [2.45, 2.75) is 44.3 Å². The van der Waals surface area contributed by atoms with Crippen molar-refractivity contribution in [2.24, 2.45) is 5.73 Å². The molecule has 176 valence electrons. The Bertz CT molecular complexity index is 1190. The minimum atomic E-state index is -0.646. The maximum Gasteiger partial charge on any atom is 0.242 e. The summed E-state index contributed by atoms with van der Waals surface area (Å²) in [6.07, 6.45) is 1.67. The normalized spacial score (nSPS) is 18.7. The molecule has 7 heteroatoms. The quantitative estimate of drug-likeness (QED) is 0.277. The van der Waals surface area contributed by atoms with Gasteiger partial charge >= 0.3 is 0 Å². The van der Waals surface area contributed by atoms with Crippen molar-refractivity contribution in [3.8, 4) is 0 Å². The van der Waals surface area contributed by atoms with Crippen LogP contribution in [0.4, 0.5) is 0 Å². The number of nitrogens with two attached hydrogens (primary N) is 1. The number of carbonyl (C=O) groups excluding carboxylic acids is 2. The number of hydrogen-bond donors (Lipinski definition) is 5. The van der Waals surface area contributed by atoms with Crippen LogP contribution in [0.3, 0.4) is 0 Å². The minimum absolute atomic E-state index is 0.00565. The number of rotatable bonds is 7. The topological polar surface area (TPSA) is 120 Å². The molecule has 7 nitrogen and oxygen atoms in total. The highest BCUT2D eigenvalue weighted by atomic mass is 16.2. The Morgan fingerprint density at radius 1 is 1.09 bits per heavy atom. The van der Waals surface area contributed by atoms with Gasteiger partial charge in [-0.3, -0.25) is 15.0 Å². The average Bonchev–Trinajstić information content (AvgIpc) is 2.87. The number of fused-ring (bicyclic) bond motifs is 1. The first-order valence-electron chi connectivity index (χ1n) is 11.6. The van der Waals surface area contributed by atoms with Gasteiger partial charge in [0.1, 0.15) is 11.9 Å². The maximum atomic E-state index is 12.9. The maximum absolute atomic E-state index is 12.9. The molecule has 0 unspecified atom stereocenters. The molecule has 1 heterocycles. The largest absolute Gasteiger partial charge is 0.384 e. The lowest BCUT2D eigenvalue weighted by Crippen LogP contribution is -2.53. The van der Waals surface area contributed by atoms with E-state index in [4.69, 9.17) is 11.1 Å². The van der Waals surface area contributed by atoms with E-state index in [-0.39, 0.29) is 23.7 Å². The van der Waals surface area contributed by atoms with Gasteiger partial charge in [-0.1, -0.05) is 66.7 Å². The highest BCUT2D eigenvalue weighted by Gasteiger charge is 2.29. The monoisotopic (exact) mass is 457 g/mol. The van der Waals surface area contributed by atoms with Crippen molar-refractivity contribution in [1.82, 2.24) is 16.0 Å². The third kappa shape index (κ3) is 5.61. The van der Waals surface area contributed by atoms with Crippen molar-refractivity contribution >= 4 is 28.4 Å². The van der Waals surface area contributed by atoms with Crippen LogP contribution in [0.2, 0.25) is 0 Å². The number of benzene rings is 3. The van der Waals surface area contributed by atoms with Gasteiger partial charge in [0.05, 0.1) is 6.04 Å². The van der Waals surface area contributed by atoms with Gasteiger partial charge in [-0.2, -0.15) is 0 Å². The van der Waals surface area contributed by atoms with Crippen LogP contribution < -0.4 is 21.7 Å². The molecule has 1 aliphatic rings. The molecule has 3 atom stereocenters. The van der Waals surface area contributed by atoms with E-state index >= 15 is 0 Å². The lowest BCUT2D eigenvalue weighted by atomic mass is 9.85. The molecule has 2 amide bonds. The Balaban J connectivity index is 1.30. The van der Waals surface area contributed by atoms with Crippen molar-refractivity contribution in [3.05, 3.63) is 83.4 Å². The van der Waals surface area contributed by atoms with Gasteiger partial charge in [0.25, 0.3) is 0 Å². The second kappa shape index (κ2) is 10.5. The lowest BCUT2D eigenvalue weighted by molar-refractivity contribution is -0.130. The van der Waals surface area contributed by atoms with Crippen molar-refractivity contribution in [1.29, 1.82) is 5.41 Å². The first-order valence-corrected chi connectivity index (χ1v) is 11.6. The molecule has 3 aromatic rings. The fourth-order valence-electron chi connectivity index (χ4n) is 4.41. The van der Waals surface area contributed by atoms with E-state index in [1.165, 1.54) is 16.3 Å². The molecule has 4 rings (SSSR count). The third-order valence-corrected chi connectivity index (χ3v) is 6.45. The molecular weight excluding hydrogens is 426 g/mol. The summed E-state index contributed by atoms with van der Waals surface area (Å²) in [6, 6.07) is 21.0. The van der Waals surface area contributed by atoms with Crippen molar-refractivity contribution < 1.29 is 9.59 Å². The van der Waals surface area contributed by atoms with Gasteiger partial charge in [0.15, 0.2) is 0 Å². The minimum Gasteiger partial charge on any atom is -0.384 e. The number of nitrogens with one attached hydrogen (secondary N) is 4. The fraction of sp³-hybridized carbons (Fsp3) is 0.296. The summed E-state index contributed by atoms with van der Waals surface area (Å²) in [5.74, 6) is -0.0976. The zero-order chi connectivity index (χ0) is 24.1. The third-order valence-electron chi connectivity index (χ3n) is 6.45. The predicted octanol–water partition coefficient (Wildman–Crippen LogP) is 2.78. The fourth-order valence-corrected chi connectivity index (χ4v) is 4.41. The Hall–Kier alpha value is -3.71. The van der Waals surface area contributed by atoms with E-state index in [2.05, 4.69) is 46.3 Å². The first-order chi connectivity index (χ1) is 16.4. The van der Waals surface area contributed by atoms with Gasteiger partial charge in [0, 0.05) is 12.1 Å². The van der Waals surface area contributed by atoms with Crippen LogP contribution >= 0.6 is 0 Å². The smallest absolute Gasteiger partial charge is 0.242 e. The van der Waals surface area contributed by atoms with Crippen molar-refractivity contribution in [2.75, 3.05) is 6.54 Å². The zero-order valence-corrected chi connectivity index (χ0v) is 19.3. The molecule has 1 saturated heterocycles. The molecule has 0 aliphatic carbocycles. The van der Waals surface area contributed by atoms with Crippen LogP contribution in [-0.2, 0) is 16.1 Å². The summed E-state index contributed by atoms with van der Waals surface area (Å²) in [6.45, 7) is 2.78. The van der Waals surface area contributed by atoms with Gasteiger partial charge in [-0.25, -0.2) is 0 Å². The molecule has 0 spiro atoms. The van der Waals surface area contributed by atoms with Crippen LogP contribution in [0, 0.1) is 5.41 Å². The molecule has 0 saturated carbocycles. The summed E-state index contributed by atoms with van der Waals surface area (Å²) in [4.78, 5) is 25.4. The molecule has 0 aromatic heterocycles. The average molecular weight is 458 g/mol. The summed E-state index contributed by atoms with van der Waals surface area (Å²) >= 11 is 0. The van der Waals surface area contributed by atoms with Crippen LogP contribution in [-0.4, -0.2) is 36.3 Å². The van der Waals surface area contributed by atoms with Crippen LogP contribution in [0.15, 0.2) is 66.7 Å². The standard InChI is InChI=1S/C27H31N5O2/c1-17(26(33)31-16-18-6-8-20(9-7-18)25(28)29)32-27(34)24-15-23(12-13-30-24)22-11-10-19-4-2-3-5-21(19)14-22/h2-11,14,17,23-24,30H,12-13,15-16H2,1H3,(H3,28,29)(H,31,33)(H,32,34)/t17-,23-,24+/m0/s1. The number of nitrogen functional groups attached to an aromatic ring is 1. The predicted molar refractivity (Wildman–Crippen MR) is 135 cm³/mol. The lowest BCUT2D eigenvalue weighted by Gasteiger charge is -2.30. The number of hydrogen-bond acceptors (Lipinski definition) is 4. The van der Waals surface area contributed by atoms with E-state index in [1.54, 1.807) is 19.1 Å². The zero-order valence-electron chi connectivity index (χ0n) is 19.3. The Kier molecular flexibility index (Phi) is 7.23. The van der Waals surface area contributed by atoms with Gasteiger partial charge < -0.3 is 21.7 Å². The van der Waals surface area contributed by atoms with E-state index < -0.39 is 6.04 Å². The summed E-state index contributed by atoms with van der Waals surface area (Å²) in [7, 11) is 0. The first kappa shape index (κ1) is 23.4. The van der Waals surface area contributed by atoms with E-state index in [0.717, 1.165) is 18.5 Å².